The van der Waals surface area contributed by atoms with Crippen LogP contribution in [-0.4, -0.2) is 10.2 Å². The molecular weight excluding hydrogens is 174 g/mol. The fourth-order valence-electron chi connectivity index (χ4n) is 2.25. The van der Waals surface area contributed by atoms with Crippen molar-refractivity contribution in [2.45, 2.75) is 39.5 Å². The highest BCUT2D eigenvalue weighted by Crippen LogP contribution is 2.51. The molecule has 78 valence electrons. The molecule has 1 aliphatic carbocycles. The van der Waals surface area contributed by atoms with Crippen molar-refractivity contribution in [3.05, 3.63) is 11.3 Å². The minimum atomic E-state index is 0.662. The van der Waals surface area contributed by atoms with Crippen molar-refractivity contribution in [2.75, 3.05) is 5.73 Å². The number of nitrogens with two attached hydrogens (primary N) is 1. The van der Waals surface area contributed by atoms with Crippen molar-refractivity contribution in [1.82, 2.24) is 10.2 Å². The first-order valence-corrected chi connectivity index (χ1v) is 5.40. The van der Waals surface area contributed by atoms with Crippen molar-refractivity contribution >= 4 is 5.82 Å². The van der Waals surface area contributed by atoms with Gasteiger partial charge in [0.2, 0.25) is 0 Å². The van der Waals surface area contributed by atoms with E-state index >= 15 is 0 Å². The molecule has 14 heavy (non-hydrogen) atoms. The standard InChI is InChI=1S/C11H19N3/c1-6(2)4-8-5-9(8)10-7(3)11(12)14-13-10/h6,8-9H,4-5H2,1-3H3,(H3,12,13,14). The third kappa shape index (κ3) is 1.63. The molecule has 1 aromatic rings. The Labute approximate surface area is 85.1 Å². The molecule has 2 rings (SSSR count). The normalized spacial score (nSPS) is 25.7. The first-order valence-electron chi connectivity index (χ1n) is 5.40. The molecule has 0 radical (unpaired) electrons. The van der Waals surface area contributed by atoms with Crippen LogP contribution in [0.2, 0.25) is 0 Å². The lowest BCUT2D eigenvalue weighted by atomic mass is 10.0. The molecule has 2 atom stereocenters. The van der Waals surface area contributed by atoms with Gasteiger partial charge in [-0.15, -0.1) is 0 Å². The van der Waals surface area contributed by atoms with Gasteiger partial charge in [0.1, 0.15) is 5.82 Å². The van der Waals surface area contributed by atoms with Crippen molar-refractivity contribution in [3.8, 4) is 0 Å². The lowest BCUT2D eigenvalue weighted by molar-refractivity contribution is 0.530. The summed E-state index contributed by atoms with van der Waals surface area (Å²) < 4.78 is 0. The summed E-state index contributed by atoms with van der Waals surface area (Å²) in [4.78, 5) is 0. The second kappa shape index (κ2) is 3.30. The second-order valence-corrected chi connectivity index (χ2v) is 4.88. The van der Waals surface area contributed by atoms with E-state index in [0.29, 0.717) is 11.7 Å². The van der Waals surface area contributed by atoms with Crippen LogP contribution in [0.25, 0.3) is 0 Å². The van der Waals surface area contributed by atoms with Gasteiger partial charge in [0, 0.05) is 17.2 Å². The van der Waals surface area contributed by atoms with Crippen LogP contribution in [0.5, 0.6) is 0 Å². The van der Waals surface area contributed by atoms with Crippen LogP contribution in [0.3, 0.4) is 0 Å². The first-order chi connectivity index (χ1) is 6.59. The molecule has 1 heterocycles. The quantitative estimate of drug-likeness (QED) is 0.774. The smallest absolute Gasteiger partial charge is 0.148 e. The van der Waals surface area contributed by atoms with E-state index in [1.54, 1.807) is 0 Å². The van der Waals surface area contributed by atoms with E-state index in [9.17, 15) is 0 Å². The molecule has 1 aliphatic rings. The van der Waals surface area contributed by atoms with E-state index in [2.05, 4.69) is 31.0 Å². The summed E-state index contributed by atoms with van der Waals surface area (Å²) in [7, 11) is 0. The van der Waals surface area contributed by atoms with Crippen LogP contribution < -0.4 is 5.73 Å². The van der Waals surface area contributed by atoms with Gasteiger partial charge >= 0.3 is 0 Å². The van der Waals surface area contributed by atoms with E-state index in [1.807, 2.05) is 0 Å². The molecule has 3 heteroatoms. The SMILES string of the molecule is Cc1c(N)n[nH]c1C1CC1CC(C)C. The Bertz CT molecular complexity index is 327. The summed E-state index contributed by atoms with van der Waals surface area (Å²) >= 11 is 0. The number of hydrogen-bond acceptors (Lipinski definition) is 2. The zero-order chi connectivity index (χ0) is 10.3. The minimum Gasteiger partial charge on any atom is -0.382 e. The highest BCUT2D eigenvalue weighted by molar-refractivity contribution is 5.43. The molecule has 0 aromatic carbocycles. The van der Waals surface area contributed by atoms with Crippen LogP contribution in [0.1, 0.15) is 43.9 Å². The van der Waals surface area contributed by atoms with E-state index in [1.165, 1.54) is 18.5 Å². The van der Waals surface area contributed by atoms with Crippen LogP contribution >= 0.6 is 0 Å². The van der Waals surface area contributed by atoms with Crippen molar-refractivity contribution in [2.24, 2.45) is 11.8 Å². The van der Waals surface area contributed by atoms with Gasteiger partial charge in [-0.2, -0.15) is 5.10 Å². The van der Waals surface area contributed by atoms with Crippen LogP contribution in [0.15, 0.2) is 0 Å². The lowest BCUT2D eigenvalue weighted by Crippen LogP contribution is -1.92. The van der Waals surface area contributed by atoms with Gasteiger partial charge in [-0.1, -0.05) is 13.8 Å². The van der Waals surface area contributed by atoms with E-state index < -0.39 is 0 Å². The summed E-state index contributed by atoms with van der Waals surface area (Å²) in [6.07, 6.45) is 2.63. The third-order valence-electron chi connectivity index (χ3n) is 3.15. The molecule has 1 aromatic heterocycles. The van der Waals surface area contributed by atoms with Gasteiger partial charge in [-0.05, 0) is 31.6 Å². The fraction of sp³-hybridized carbons (Fsp3) is 0.727. The summed E-state index contributed by atoms with van der Waals surface area (Å²) in [5.41, 5.74) is 8.14. The number of aromatic amines is 1. The molecule has 1 saturated carbocycles. The number of anilines is 1. The maximum absolute atomic E-state index is 5.71. The maximum atomic E-state index is 5.71. The molecule has 3 N–H and O–H groups in total. The van der Waals surface area contributed by atoms with Crippen LogP contribution in [-0.2, 0) is 0 Å². The van der Waals surface area contributed by atoms with Crippen LogP contribution in [0, 0.1) is 18.8 Å². The van der Waals surface area contributed by atoms with Gasteiger partial charge in [-0.25, -0.2) is 0 Å². The number of nitrogen functional groups attached to an aromatic ring is 1. The number of rotatable bonds is 3. The number of nitrogens with one attached hydrogen (secondary N) is 1. The summed E-state index contributed by atoms with van der Waals surface area (Å²) in [5.74, 6) is 3.01. The average Bonchev–Trinajstić information content (AvgIpc) is 2.75. The summed E-state index contributed by atoms with van der Waals surface area (Å²) in [6.45, 7) is 6.62. The van der Waals surface area contributed by atoms with Crippen molar-refractivity contribution < 1.29 is 0 Å². The highest BCUT2D eigenvalue weighted by Gasteiger charge is 2.40. The Morgan fingerprint density at radius 1 is 1.57 bits per heavy atom. The van der Waals surface area contributed by atoms with Gasteiger partial charge in [0.05, 0.1) is 0 Å². The van der Waals surface area contributed by atoms with Gasteiger partial charge in [-0.3, -0.25) is 5.10 Å². The fourth-order valence-corrected chi connectivity index (χ4v) is 2.25. The van der Waals surface area contributed by atoms with Gasteiger partial charge in [0.15, 0.2) is 0 Å². The van der Waals surface area contributed by atoms with E-state index in [-0.39, 0.29) is 0 Å². The second-order valence-electron chi connectivity index (χ2n) is 4.88. The van der Waals surface area contributed by atoms with Gasteiger partial charge < -0.3 is 5.73 Å². The Balaban J connectivity index is 2.02. The first kappa shape index (κ1) is 9.56. The highest BCUT2D eigenvalue weighted by atomic mass is 15.2. The van der Waals surface area contributed by atoms with Gasteiger partial charge in [0.25, 0.3) is 0 Å². The topological polar surface area (TPSA) is 54.7 Å². The van der Waals surface area contributed by atoms with E-state index in [4.69, 9.17) is 5.73 Å². The Morgan fingerprint density at radius 2 is 2.29 bits per heavy atom. The molecule has 0 spiro atoms. The number of hydrogen-bond donors (Lipinski definition) is 2. The molecule has 0 bridgehead atoms. The third-order valence-corrected chi connectivity index (χ3v) is 3.15. The zero-order valence-electron chi connectivity index (χ0n) is 9.17. The van der Waals surface area contributed by atoms with Crippen LogP contribution in [0.4, 0.5) is 5.82 Å². The average molecular weight is 193 g/mol. The Morgan fingerprint density at radius 3 is 2.79 bits per heavy atom. The maximum Gasteiger partial charge on any atom is 0.148 e. The van der Waals surface area contributed by atoms with Crippen molar-refractivity contribution in [3.63, 3.8) is 0 Å². The molecule has 0 amide bonds. The molecule has 0 saturated heterocycles. The molecule has 3 nitrogen and oxygen atoms in total. The van der Waals surface area contributed by atoms with E-state index in [0.717, 1.165) is 17.4 Å². The summed E-state index contributed by atoms with van der Waals surface area (Å²) in [6, 6.07) is 0. The molecular formula is C11H19N3. The lowest BCUT2D eigenvalue weighted by Gasteiger charge is -2.02. The largest absolute Gasteiger partial charge is 0.382 e. The number of aromatic nitrogens is 2. The number of nitrogens with zero attached hydrogens (tertiary/aromatic N) is 1. The predicted octanol–water partition coefficient (Wildman–Crippen LogP) is 2.45. The van der Waals surface area contributed by atoms with Crippen molar-refractivity contribution in [1.29, 1.82) is 0 Å². The molecule has 0 aliphatic heterocycles. The minimum absolute atomic E-state index is 0.662. The molecule has 2 unspecified atom stereocenters. The Kier molecular flexibility index (Phi) is 2.25. The monoisotopic (exact) mass is 193 g/mol. The Hall–Kier alpha value is -0.990. The zero-order valence-corrected chi connectivity index (χ0v) is 9.17. The predicted molar refractivity (Wildman–Crippen MR) is 58.0 cm³/mol. The summed E-state index contributed by atoms with van der Waals surface area (Å²) in [5, 5.41) is 7.11. The number of H-pyrrole nitrogens is 1. The molecule has 1 fully saturated rings.